The fraction of sp³-hybridized carbons (Fsp3) is 0.286. The van der Waals surface area contributed by atoms with Crippen molar-refractivity contribution in [1.82, 2.24) is 10.2 Å². The Morgan fingerprint density at radius 2 is 1.89 bits per heavy atom. The van der Waals surface area contributed by atoms with E-state index in [0.29, 0.717) is 37.3 Å². The van der Waals surface area contributed by atoms with E-state index in [2.05, 4.69) is 10.3 Å². The number of halogens is 1. The molecule has 0 aromatic heterocycles. The maximum Gasteiger partial charge on any atom is 0.232 e. The summed E-state index contributed by atoms with van der Waals surface area (Å²) in [4.78, 5) is 31.6. The van der Waals surface area contributed by atoms with Crippen LogP contribution in [0.5, 0.6) is 0 Å². The molecule has 0 bridgehead atoms. The molecule has 2 aliphatic heterocycles. The largest absolute Gasteiger partial charge is 0.341 e. The predicted molar refractivity (Wildman–Crippen MR) is 99.7 cm³/mol. The van der Waals surface area contributed by atoms with Gasteiger partial charge in [0.1, 0.15) is 11.7 Å². The van der Waals surface area contributed by atoms with Crippen molar-refractivity contribution < 1.29 is 14.0 Å². The molecule has 0 radical (unpaired) electrons. The van der Waals surface area contributed by atoms with Gasteiger partial charge in [0, 0.05) is 18.7 Å². The molecule has 1 N–H and O–H groups in total. The molecule has 6 heteroatoms. The molecule has 2 atom stereocenters. The van der Waals surface area contributed by atoms with E-state index in [9.17, 15) is 14.0 Å². The third-order valence-corrected chi connectivity index (χ3v) is 5.12. The summed E-state index contributed by atoms with van der Waals surface area (Å²) in [6.45, 7) is 0.961. The third kappa shape index (κ3) is 3.74. The zero-order valence-electron chi connectivity index (χ0n) is 14.8. The average molecular weight is 365 g/mol. The van der Waals surface area contributed by atoms with Crippen molar-refractivity contribution in [3.8, 4) is 0 Å². The molecule has 2 aliphatic rings. The van der Waals surface area contributed by atoms with Gasteiger partial charge in [0.2, 0.25) is 11.8 Å². The third-order valence-electron chi connectivity index (χ3n) is 5.12. The van der Waals surface area contributed by atoms with Crippen molar-refractivity contribution in [3.63, 3.8) is 0 Å². The standard InChI is InChI=1S/C21H20FN3O2/c22-16-8-6-15(7-9-16)20-23-18-10-11-25(13-17(18)21(27)24-20)19(26)12-14-4-2-1-3-5-14/h1-9,17-18H,10-13H2,(H,23,24,27). The Morgan fingerprint density at radius 3 is 2.63 bits per heavy atom. The first-order chi connectivity index (χ1) is 13.1. The second-order valence-corrected chi connectivity index (χ2v) is 6.94. The molecule has 2 heterocycles. The van der Waals surface area contributed by atoms with E-state index < -0.39 is 0 Å². The minimum absolute atomic E-state index is 0.0285. The van der Waals surface area contributed by atoms with Crippen LogP contribution in [-0.4, -0.2) is 41.7 Å². The number of amides is 2. The van der Waals surface area contributed by atoms with Crippen molar-refractivity contribution in [2.75, 3.05) is 13.1 Å². The number of hydrogen-bond acceptors (Lipinski definition) is 3. The Labute approximate surface area is 156 Å². The predicted octanol–water partition coefficient (Wildman–Crippen LogP) is 2.16. The molecule has 1 fully saturated rings. The lowest BCUT2D eigenvalue weighted by Gasteiger charge is -2.38. The Bertz CT molecular complexity index is 880. The van der Waals surface area contributed by atoms with Gasteiger partial charge in [0.15, 0.2) is 0 Å². The van der Waals surface area contributed by atoms with E-state index in [4.69, 9.17) is 0 Å². The van der Waals surface area contributed by atoms with E-state index in [1.54, 1.807) is 17.0 Å². The molecule has 1 saturated heterocycles. The number of aliphatic imine (C=N–C) groups is 1. The maximum atomic E-state index is 13.1. The highest BCUT2D eigenvalue weighted by atomic mass is 19.1. The summed E-state index contributed by atoms with van der Waals surface area (Å²) in [7, 11) is 0. The summed E-state index contributed by atoms with van der Waals surface area (Å²) in [5.41, 5.74) is 1.65. The normalized spacial score (nSPS) is 21.9. The molecule has 2 aromatic rings. The lowest BCUT2D eigenvalue weighted by Crippen LogP contribution is -2.55. The van der Waals surface area contributed by atoms with Gasteiger partial charge in [-0.1, -0.05) is 30.3 Å². The highest BCUT2D eigenvalue weighted by molar-refractivity contribution is 6.10. The van der Waals surface area contributed by atoms with Crippen LogP contribution in [0.25, 0.3) is 0 Å². The number of piperidine rings is 1. The number of nitrogens with zero attached hydrogens (tertiary/aromatic N) is 2. The number of fused-ring (bicyclic) bond motifs is 1. The number of nitrogens with one attached hydrogen (secondary N) is 1. The van der Waals surface area contributed by atoms with Gasteiger partial charge in [-0.2, -0.15) is 0 Å². The minimum Gasteiger partial charge on any atom is -0.341 e. The summed E-state index contributed by atoms with van der Waals surface area (Å²) < 4.78 is 13.1. The zero-order chi connectivity index (χ0) is 18.8. The summed E-state index contributed by atoms with van der Waals surface area (Å²) in [6.07, 6.45) is 0.979. The van der Waals surface area contributed by atoms with E-state index in [1.165, 1.54) is 12.1 Å². The lowest BCUT2D eigenvalue weighted by molar-refractivity contribution is -0.135. The second kappa shape index (κ2) is 7.31. The van der Waals surface area contributed by atoms with Crippen LogP contribution in [0.1, 0.15) is 17.5 Å². The van der Waals surface area contributed by atoms with Crippen molar-refractivity contribution in [1.29, 1.82) is 0 Å². The van der Waals surface area contributed by atoms with Gasteiger partial charge in [-0.3, -0.25) is 14.6 Å². The quantitative estimate of drug-likeness (QED) is 0.906. The number of likely N-dealkylation sites (tertiary alicyclic amines) is 1. The van der Waals surface area contributed by atoms with Crippen LogP contribution in [0.2, 0.25) is 0 Å². The van der Waals surface area contributed by atoms with E-state index in [-0.39, 0.29) is 29.6 Å². The number of hydrogen-bond donors (Lipinski definition) is 1. The highest BCUT2D eigenvalue weighted by Gasteiger charge is 2.39. The van der Waals surface area contributed by atoms with Crippen molar-refractivity contribution in [2.45, 2.75) is 18.9 Å². The Balaban J connectivity index is 1.46. The van der Waals surface area contributed by atoms with Gasteiger partial charge >= 0.3 is 0 Å². The highest BCUT2D eigenvalue weighted by Crippen LogP contribution is 2.25. The first-order valence-corrected chi connectivity index (χ1v) is 9.06. The molecule has 2 aromatic carbocycles. The van der Waals surface area contributed by atoms with Crippen LogP contribution in [-0.2, 0) is 16.0 Å². The minimum atomic E-state index is -0.345. The first-order valence-electron chi connectivity index (χ1n) is 9.06. The van der Waals surface area contributed by atoms with Gasteiger partial charge in [0.25, 0.3) is 0 Å². The van der Waals surface area contributed by atoms with Crippen LogP contribution in [0.15, 0.2) is 59.6 Å². The number of amidine groups is 1. The Morgan fingerprint density at radius 1 is 1.15 bits per heavy atom. The fourth-order valence-electron chi connectivity index (χ4n) is 3.62. The molecule has 138 valence electrons. The zero-order valence-corrected chi connectivity index (χ0v) is 14.8. The summed E-state index contributed by atoms with van der Waals surface area (Å²) in [6, 6.07) is 15.4. The lowest BCUT2D eigenvalue weighted by atomic mass is 9.89. The molecule has 0 aliphatic carbocycles. The van der Waals surface area contributed by atoms with Crippen LogP contribution < -0.4 is 5.32 Å². The van der Waals surface area contributed by atoms with E-state index in [1.807, 2.05) is 30.3 Å². The number of carbonyl (C=O) groups excluding carboxylic acids is 2. The molecule has 2 amide bonds. The topological polar surface area (TPSA) is 61.8 Å². The average Bonchev–Trinajstić information content (AvgIpc) is 2.69. The Kier molecular flexibility index (Phi) is 4.71. The van der Waals surface area contributed by atoms with Gasteiger partial charge < -0.3 is 10.2 Å². The smallest absolute Gasteiger partial charge is 0.232 e. The van der Waals surface area contributed by atoms with Crippen LogP contribution in [0.4, 0.5) is 4.39 Å². The van der Waals surface area contributed by atoms with Crippen molar-refractivity contribution >= 4 is 17.6 Å². The second-order valence-electron chi connectivity index (χ2n) is 6.94. The molecular formula is C21H20FN3O2. The molecule has 27 heavy (non-hydrogen) atoms. The first kappa shape index (κ1) is 17.4. The monoisotopic (exact) mass is 365 g/mol. The van der Waals surface area contributed by atoms with Gasteiger partial charge in [-0.15, -0.1) is 0 Å². The van der Waals surface area contributed by atoms with Crippen molar-refractivity contribution in [2.24, 2.45) is 10.9 Å². The van der Waals surface area contributed by atoms with Crippen molar-refractivity contribution in [3.05, 3.63) is 71.5 Å². The van der Waals surface area contributed by atoms with Gasteiger partial charge in [-0.25, -0.2) is 4.39 Å². The van der Waals surface area contributed by atoms with E-state index in [0.717, 1.165) is 5.56 Å². The summed E-state index contributed by atoms with van der Waals surface area (Å²) in [5, 5.41) is 2.81. The van der Waals surface area contributed by atoms with E-state index >= 15 is 0 Å². The molecule has 2 unspecified atom stereocenters. The number of rotatable bonds is 3. The molecule has 0 spiro atoms. The maximum absolute atomic E-state index is 13.1. The molecule has 4 rings (SSSR count). The van der Waals surface area contributed by atoms with Crippen LogP contribution in [0.3, 0.4) is 0 Å². The van der Waals surface area contributed by atoms with Crippen LogP contribution in [0, 0.1) is 11.7 Å². The fourth-order valence-corrected chi connectivity index (χ4v) is 3.62. The summed E-state index contributed by atoms with van der Waals surface area (Å²) >= 11 is 0. The molecule has 0 saturated carbocycles. The number of benzene rings is 2. The molecule has 5 nitrogen and oxygen atoms in total. The Hall–Kier alpha value is -3.02. The van der Waals surface area contributed by atoms with Crippen LogP contribution >= 0.6 is 0 Å². The van der Waals surface area contributed by atoms with Gasteiger partial charge in [0.05, 0.1) is 18.4 Å². The SMILES string of the molecule is O=C1NC(c2ccc(F)cc2)=NC2CCN(C(=O)Cc3ccccc3)CC12. The van der Waals surface area contributed by atoms with Gasteiger partial charge in [-0.05, 0) is 36.2 Å². The number of carbonyl (C=O) groups is 2. The molecular weight excluding hydrogens is 345 g/mol. The summed E-state index contributed by atoms with van der Waals surface area (Å²) in [5.74, 6) is -0.301.